The zero-order valence-electron chi connectivity index (χ0n) is 14.3. The summed E-state index contributed by atoms with van der Waals surface area (Å²) in [4.78, 5) is 2.50. The van der Waals surface area contributed by atoms with Crippen molar-refractivity contribution in [2.75, 3.05) is 26.3 Å². The van der Waals surface area contributed by atoms with Gasteiger partial charge in [0.1, 0.15) is 5.76 Å². The average Bonchev–Trinajstić information content (AvgIpc) is 3.24. The van der Waals surface area contributed by atoms with Crippen molar-refractivity contribution in [1.82, 2.24) is 10.1 Å². The minimum absolute atomic E-state index is 0.0729. The Labute approximate surface area is 138 Å². The van der Waals surface area contributed by atoms with Crippen LogP contribution in [0.2, 0.25) is 0 Å². The minimum Gasteiger partial charge on any atom is -0.375 e. The molecule has 1 spiro atoms. The molecule has 0 bridgehead atoms. The van der Waals surface area contributed by atoms with Gasteiger partial charge < -0.3 is 14.0 Å². The summed E-state index contributed by atoms with van der Waals surface area (Å²) in [7, 11) is 0. The second-order valence-corrected chi connectivity index (χ2v) is 7.68. The second-order valence-electron chi connectivity index (χ2n) is 7.68. The van der Waals surface area contributed by atoms with Gasteiger partial charge in [0.05, 0.1) is 24.0 Å². The van der Waals surface area contributed by atoms with Crippen LogP contribution < -0.4 is 0 Å². The van der Waals surface area contributed by atoms with Gasteiger partial charge in [0.15, 0.2) is 0 Å². The van der Waals surface area contributed by atoms with Crippen LogP contribution in [-0.2, 0) is 16.0 Å². The molecule has 0 radical (unpaired) electrons. The smallest absolute Gasteiger partial charge is 0.138 e. The van der Waals surface area contributed by atoms with Crippen molar-refractivity contribution in [3.8, 4) is 0 Å². The number of hydrogen-bond acceptors (Lipinski definition) is 5. The van der Waals surface area contributed by atoms with Crippen molar-refractivity contribution >= 4 is 0 Å². The Hall–Kier alpha value is -0.910. The van der Waals surface area contributed by atoms with E-state index in [1.54, 1.807) is 0 Å². The predicted molar refractivity (Wildman–Crippen MR) is 86.3 cm³/mol. The maximum absolute atomic E-state index is 6.20. The molecule has 3 aliphatic rings. The summed E-state index contributed by atoms with van der Waals surface area (Å²) >= 11 is 0. The fraction of sp³-hybridized carbons (Fsp3) is 0.833. The lowest BCUT2D eigenvalue weighted by Gasteiger charge is -2.38. The quantitative estimate of drug-likeness (QED) is 0.835. The highest BCUT2D eigenvalue weighted by atomic mass is 16.6. The Morgan fingerprint density at radius 2 is 2.04 bits per heavy atom. The van der Waals surface area contributed by atoms with E-state index in [9.17, 15) is 0 Å². The standard InChI is InChI=1S/C18H28N2O3/c1-13-17(14(2)23-19-13)10-20-7-5-18(6-8-20)9-16(12-22-18)21-11-15-3-4-15/h15-16H,3-12H2,1-2H3. The van der Waals surface area contributed by atoms with Crippen LogP contribution in [0.4, 0.5) is 0 Å². The Balaban J connectivity index is 1.27. The highest BCUT2D eigenvalue weighted by Crippen LogP contribution is 2.38. The Kier molecular flexibility index (Phi) is 4.20. The molecule has 5 heteroatoms. The van der Waals surface area contributed by atoms with Crippen LogP contribution in [0.15, 0.2) is 4.52 Å². The molecule has 3 fully saturated rings. The molecule has 1 saturated carbocycles. The van der Waals surface area contributed by atoms with Crippen LogP contribution in [0.5, 0.6) is 0 Å². The topological polar surface area (TPSA) is 47.7 Å². The van der Waals surface area contributed by atoms with Crippen LogP contribution in [0.3, 0.4) is 0 Å². The number of rotatable bonds is 5. The van der Waals surface area contributed by atoms with Gasteiger partial charge in [-0.05, 0) is 45.4 Å². The van der Waals surface area contributed by atoms with E-state index in [1.165, 1.54) is 18.4 Å². The van der Waals surface area contributed by atoms with Gasteiger partial charge in [0.25, 0.3) is 0 Å². The van der Waals surface area contributed by atoms with E-state index in [0.29, 0.717) is 6.10 Å². The molecule has 0 N–H and O–H groups in total. The zero-order chi connectivity index (χ0) is 15.9. The second kappa shape index (κ2) is 6.19. The number of hydrogen-bond donors (Lipinski definition) is 0. The molecule has 0 aromatic carbocycles. The monoisotopic (exact) mass is 320 g/mol. The fourth-order valence-electron chi connectivity index (χ4n) is 3.88. The molecule has 1 aliphatic carbocycles. The normalized spacial score (nSPS) is 27.8. The van der Waals surface area contributed by atoms with Gasteiger partial charge in [-0.1, -0.05) is 5.16 Å². The Bertz CT molecular complexity index is 525. The van der Waals surface area contributed by atoms with Crippen molar-refractivity contribution in [2.45, 2.75) is 64.2 Å². The third kappa shape index (κ3) is 3.47. The summed E-state index contributed by atoms with van der Waals surface area (Å²) in [5.41, 5.74) is 2.34. The molecule has 1 aromatic rings. The van der Waals surface area contributed by atoms with Crippen molar-refractivity contribution in [3.05, 3.63) is 17.0 Å². The maximum Gasteiger partial charge on any atom is 0.138 e. The molecule has 3 heterocycles. The summed E-state index contributed by atoms with van der Waals surface area (Å²) in [6.45, 7) is 8.87. The largest absolute Gasteiger partial charge is 0.375 e. The van der Waals surface area contributed by atoms with Gasteiger partial charge in [-0.25, -0.2) is 0 Å². The molecule has 23 heavy (non-hydrogen) atoms. The van der Waals surface area contributed by atoms with Gasteiger partial charge in [-0.2, -0.15) is 0 Å². The fourth-order valence-corrected chi connectivity index (χ4v) is 3.88. The summed E-state index contributed by atoms with van der Waals surface area (Å²) in [6.07, 6.45) is 6.34. The molecule has 2 aliphatic heterocycles. The molecule has 1 atom stereocenters. The summed E-state index contributed by atoms with van der Waals surface area (Å²) < 4.78 is 17.5. The Morgan fingerprint density at radius 3 is 2.70 bits per heavy atom. The first kappa shape index (κ1) is 15.6. The molecule has 0 amide bonds. The van der Waals surface area contributed by atoms with Crippen LogP contribution in [0.1, 0.15) is 49.1 Å². The summed E-state index contributed by atoms with van der Waals surface area (Å²) in [5.74, 6) is 1.79. The van der Waals surface area contributed by atoms with E-state index in [4.69, 9.17) is 14.0 Å². The highest BCUT2D eigenvalue weighted by molar-refractivity contribution is 5.20. The first-order valence-corrected chi connectivity index (χ1v) is 9.03. The van der Waals surface area contributed by atoms with Crippen molar-refractivity contribution < 1.29 is 14.0 Å². The minimum atomic E-state index is 0.0729. The third-order valence-corrected chi connectivity index (χ3v) is 5.77. The van der Waals surface area contributed by atoms with Gasteiger partial charge in [0, 0.05) is 38.2 Å². The number of likely N-dealkylation sites (tertiary alicyclic amines) is 1. The van der Waals surface area contributed by atoms with Gasteiger partial charge in [-0.15, -0.1) is 0 Å². The van der Waals surface area contributed by atoms with Crippen LogP contribution in [0, 0.1) is 19.8 Å². The molecule has 1 unspecified atom stereocenters. The average molecular weight is 320 g/mol. The predicted octanol–water partition coefficient (Wildman–Crippen LogP) is 2.84. The van der Waals surface area contributed by atoms with Crippen molar-refractivity contribution in [2.24, 2.45) is 5.92 Å². The van der Waals surface area contributed by atoms with E-state index in [-0.39, 0.29) is 5.60 Å². The molecule has 1 aromatic heterocycles. The summed E-state index contributed by atoms with van der Waals surface area (Å²) in [5, 5.41) is 4.06. The number of aromatic nitrogens is 1. The van der Waals surface area contributed by atoms with Gasteiger partial charge in [-0.3, -0.25) is 4.90 Å². The lowest BCUT2D eigenvalue weighted by Crippen LogP contribution is -2.44. The van der Waals surface area contributed by atoms with Gasteiger partial charge >= 0.3 is 0 Å². The number of ether oxygens (including phenoxy) is 2. The highest BCUT2D eigenvalue weighted by Gasteiger charge is 2.43. The first-order valence-electron chi connectivity index (χ1n) is 9.03. The lowest BCUT2D eigenvalue weighted by molar-refractivity contribution is -0.0467. The Morgan fingerprint density at radius 1 is 1.26 bits per heavy atom. The SMILES string of the molecule is Cc1noc(C)c1CN1CCC2(CC1)CC(OCC1CC1)CO2. The molecular weight excluding hydrogens is 292 g/mol. The van der Waals surface area contributed by atoms with Gasteiger partial charge in [0.2, 0.25) is 0 Å². The van der Waals surface area contributed by atoms with E-state index < -0.39 is 0 Å². The maximum atomic E-state index is 6.20. The molecule has 4 rings (SSSR count). The lowest BCUT2D eigenvalue weighted by atomic mass is 9.87. The van der Waals surface area contributed by atoms with E-state index in [0.717, 1.165) is 69.5 Å². The zero-order valence-corrected chi connectivity index (χ0v) is 14.3. The third-order valence-electron chi connectivity index (χ3n) is 5.77. The molecule has 128 valence electrons. The first-order chi connectivity index (χ1) is 11.1. The van der Waals surface area contributed by atoms with Crippen molar-refractivity contribution in [1.29, 1.82) is 0 Å². The molecule has 2 saturated heterocycles. The van der Waals surface area contributed by atoms with Crippen LogP contribution >= 0.6 is 0 Å². The van der Waals surface area contributed by atoms with Crippen LogP contribution in [0.25, 0.3) is 0 Å². The van der Waals surface area contributed by atoms with Crippen molar-refractivity contribution in [3.63, 3.8) is 0 Å². The number of aryl methyl sites for hydroxylation is 2. The molecule has 5 nitrogen and oxygen atoms in total. The number of piperidine rings is 1. The van der Waals surface area contributed by atoms with E-state index in [2.05, 4.69) is 10.1 Å². The van der Waals surface area contributed by atoms with E-state index >= 15 is 0 Å². The number of nitrogens with zero attached hydrogens (tertiary/aromatic N) is 2. The van der Waals surface area contributed by atoms with E-state index in [1.807, 2.05) is 13.8 Å². The summed E-state index contributed by atoms with van der Waals surface area (Å²) in [6, 6.07) is 0. The molecular formula is C18H28N2O3. The van der Waals surface area contributed by atoms with Crippen LogP contribution in [-0.4, -0.2) is 48.1 Å².